The minimum Gasteiger partial charge on any atom is -0.388 e. The molecule has 2 aromatic carbocycles. The molecule has 1 aliphatic rings. The van der Waals surface area contributed by atoms with Crippen LogP contribution in [0.5, 0.6) is 0 Å². The molecule has 0 unspecified atom stereocenters. The molecule has 0 radical (unpaired) electrons. The van der Waals surface area contributed by atoms with Gasteiger partial charge in [0.1, 0.15) is 23.5 Å². The number of carbonyl (C=O) groups is 1. The van der Waals surface area contributed by atoms with Crippen LogP contribution in [0.1, 0.15) is 39.5 Å². The number of imidazole rings is 1. The van der Waals surface area contributed by atoms with Crippen LogP contribution in [-0.4, -0.2) is 38.8 Å². The van der Waals surface area contributed by atoms with Gasteiger partial charge in [0.05, 0.1) is 17.2 Å². The summed E-state index contributed by atoms with van der Waals surface area (Å²) in [5.41, 5.74) is 3.59. The summed E-state index contributed by atoms with van der Waals surface area (Å²) in [6, 6.07) is 10.6. The van der Waals surface area contributed by atoms with Gasteiger partial charge in [-0.2, -0.15) is 0 Å². The van der Waals surface area contributed by atoms with Crippen LogP contribution in [0, 0.1) is 6.92 Å². The number of hydrogen-bond acceptors (Lipinski definition) is 5. The Balaban J connectivity index is 1.99. The lowest BCUT2D eigenvalue weighted by atomic mass is 9.85. The third-order valence-electron chi connectivity index (χ3n) is 5.33. The van der Waals surface area contributed by atoms with Crippen molar-refractivity contribution in [1.29, 1.82) is 0 Å². The van der Waals surface area contributed by atoms with Crippen LogP contribution in [0.25, 0.3) is 11.0 Å². The number of amides is 1. The molecular formula is C20H22N4O3. The van der Waals surface area contributed by atoms with Gasteiger partial charge in [-0.05, 0) is 18.6 Å². The number of rotatable bonds is 2. The molecule has 3 aromatic rings. The van der Waals surface area contributed by atoms with E-state index in [0.717, 1.165) is 16.9 Å². The van der Waals surface area contributed by atoms with E-state index in [2.05, 4.69) is 15.6 Å². The zero-order chi connectivity index (χ0) is 19.3. The van der Waals surface area contributed by atoms with Gasteiger partial charge in [0, 0.05) is 25.2 Å². The first-order valence-corrected chi connectivity index (χ1v) is 8.83. The fraction of sp³-hybridized carbons (Fsp3) is 0.300. The highest BCUT2D eigenvalue weighted by molar-refractivity contribution is 6.04. The second kappa shape index (κ2) is 6.37. The molecular weight excluding hydrogens is 344 g/mol. The summed E-state index contributed by atoms with van der Waals surface area (Å²) in [5, 5.41) is 27.6. The van der Waals surface area contributed by atoms with Crippen molar-refractivity contribution in [3.63, 3.8) is 0 Å². The first kappa shape index (κ1) is 17.5. The summed E-state index contributed by atoms with van der Waals surface area (Å²) in [6.07, 6.45) is -2.32. The van der Waals surface area contributed by atoms with Crippen molar-refractivity contribution >= 4 is 22.6 Å². The van der Waals surface area contributed by atoms with Gasteiger partial charge in [-0.3, -0.25) is 4.79 Å². The maximum absolute atomic E-state index is 12.5. The number of fused-ring (bicyclic) bond motifs is 3. The summed E-state index contributed by atoms with van der Waals surface area (Å²) in [5.74, 6) is 0.471. The van der Waals surface area contributed by atoms with E-state index in [1.807, 2.05) is 48.9 Å². The second-order valence-electron chi connectivity index (χ2n) is 6.85. The van der Waals surface area contributed by atoms with Crippen molar-refractivity contribution in [2.75, 3.05) is 12.4 Å². The molecule has 0 fully saturated rings. The monoisotopic (exact) mass is 366 g/mol. The van der Waals surface area contributed by atoms with Crippen molar-refractivity contribution < 1.29 is 15.0 Å². The first-order valence-electron chi connectivity index (χ1n) is 8.83. The van der Waals surface area contributed by atoms with Gasteiger partial charge in [-0.15, -0.1) is 0 Å². The van der Waals surface area contributed by atoms with Gasteiger partial charge in [0.15, 0.2) is 0 Å². The predicted octanol–water partition coefficient (Wildman–Crippen LogP) is 1.80. The molecule has 1 amide bonds. The molecule has 1 aliphatic heterocycles. The molecule has 140 valence electrons. The highest BCUT2D eigenvalue weighted by Gasteiger charge is 2.39. The number of nitrogens with one attached hydrogen (secondary N) is 2. The van der Waals surface area contributed by atoms with Crippen molar-refractivity contribution in [3.8, 4) is 0 Å². The number of anilines is 1. The van der Waals surface area contributed by atoms with Crippen LogP contribution < -0.4 is 10.6 Å². The summed E-state index contributed by atoms with van der Waals surface area (Å²) in [4.78, 5) is 17.1. The van der Waals surface area contributed by atoms with Gasteiger partial charge >= 0.3 is 0 Å². The molecule has 0 spiro atoms. The molecule has 4 rings (SSSR count). The highest BCUT2D eigenvalue weighted by atomic mass is 16.3. The Kier molecular flexibility index (Phi) is 4.13. The van der Waals surface area contributed by atoms with Gasteiger partial charge < -0.3 is 25.4 Å². The maximum Gasteiger partial charge on any atom is 0.251 e. The highest BCUT2D eigenvalue weighted by Crippen LogP contribution is 2.44. The Labute approximate surface area is 156 Å². The number of benzene rings is 2. The summed E-state index contributed by atoms with van der Waals surface area (Å²) < 4.78 is 1.90. The number of carbonyl (C=O) groups excluding carboxylic acids is 1. The van der Waals surface area contributed by atoms with Gasteiger partial charge in [0.2, 0.25) is 0 Å². The third-order valence-corrected chi connectivity index (χ3v) is 5.33. The summed E-state index contributed by atoms with van der Waals surface area (Å²) in [6.45, 7) is 1.88. The largest absolute Gasteiger partial charge is 0.388 e. The Morgan fingerprint density at radius 2 is 1.96 bits per heavy atom. The predicted molar refractivity (Wildman–Crippen MR) is 103 cm³/mol. The van der Waals surface area contributed by atoms with E-state index in [0.29, 0.717) is 22.3 Å². The molecule has 4 N–H and O–H groups in total. The Morgan fingerprint density at radius 1 is 1.26 bits per heavy atom. The molecule has 2 heterocycles. The number of aromatic nitrogens is 2. The normalized spacial score (nSPS) is 21.6. The average Bonchev–Trinajstić information content (AvgIpc) is 2.98. The van der Waals surface area contributed by atoms with Crippen molar-refractivity contribution in [1.82, 2.24) is 14.9 Å². The standard InChI is InChI=1S/C20H22N4O3/c1-10-22-16-13(24(10)3)9-12(20(27)21-2)14-17(16)23-15(19(26)18(14)25)11-7-5-4-6-8-11/h4-9,15,18-19,23,25-26H,1-3H3,(H,21,27)/t15-,18+,19+/m1/s1. The van der Waals surface area contributed by atoms with Gasteiger partial charge in [-0.25, -0.2) is 4.98 Å². The van der Waals surface area contributed by atoms with E-state index < -0.39 is 18.2 Å². The minimum atomic E-state index is -1.22. The van der Waals surface area contributed by atoms with E-state index in [9.17, 15) is 15.0 Å². The van der Waals surface area contributed by atoms with E-state index >= 15 is 0 Å². The topological polar surface area (TPSA) is 99.4 Å². The molecule has 0 aliphatic carbocycles. The van der Waals surface area contributed by atoms with Crippen LogP contribution in [0.2, 0.25) is 0 Å². The number of aliphatic hydroxyl groups is 2. The van der Waals surface area contributed by atoms with E-state index in [1.54, 1.807) is 13.1 Å². The molecule has 0 bridgehead atoms. The molecule has 0 saturated carbocycles. The SMILES string of the molecule is CNC(=O)c1cc2c(nc(C)n2C)c2c1[C@H](O)[C@@H](O)[C@@H](c1ccccc1)N2. The summed E-state index contributed by atoms with van der Waals surface area (Å²) in [7, 11) is 3.42. The third kappa shape index (κ3) is 2.58. The van der Waals surface area contributed by atoms with E-state index in [1.165, 1.54) is 0 Å². The van der Waals surface area contributed by atoms with Crippen molar-refractivity contribution in [2.45, 2.75) is 25.2 Å². The number of aryl methyl sites for hydroxylation is 2. The molecule has 3 atom stereocenters. The number of aliphatic hydroxyl groups excluding tert-OH is 2. The van der Waals surface area contributed by atoms with Gasteiger partial charge in [-0.1, -0.05) is 30.3 Å². The Bertz CT molecular complexity index is 1030. The zero-order valence-corrected chi connectivity index (χ0v) is 15.4. The van der Waals surface area contributed by atoms with Crippen molar-refractivity contribution in [3.05, 3.63) is 58.9 Å². The number of hydrogen-bond donors (Lipinski definition) is 4. The average molecular weight is 366 g/mol. The van der Waals surface area contributed by atoms with E-state index in [4.69, 9.17) is 0 Å². The van der Waals surface area contributed by atoms with Crippen LogP contribution in [0.3, 0.4) is 0 Å². The fourth-order valence-corrected chi connectivity index (χ4v) is 3.76. The molecule has 1 aromatic heterocycles. The molecule has 27 heavy (non-hydrogen) atoms. The fourth-order valence-electron chi connectivity index (χ4n) is 3.76. The lowest BCUT2D eigenvalue weighted by Gasteiger charge is -2.36. The molecule has 7 nitrogen and oxygen atoms in total. The second-order valence-corrected chi connectivity index (χ2v) is 6.85. The maximum atomic E-state index is 12.5. The summed E-state index contributed by atoms with van der Waals surface area (Å²) >= 11 is 0. The van der Waals surface area contributed by atoms with Crippen LogP contribution >= 0.6 is 0 Å². The Morgan fingerprint density at radius 3 is 2.63 bits per heavy atom. The molecule has 7 heteroatoms. The lowest BCUT2D eigenvalue weighted by molar-refractivity contribution is 0.00162. The van der Waals surface area contributed by atoms with Gasteiger partial charge in [0.25, 0.3) is 5.91 Å². The van der Waals surface area contributed by atoms with E-state index in [-0.39, 0.29) is 5.91 Å². The first-order chi connectivity index (χ1) is 12.9. The zero-order valence-electron chi connectivity index (χ0n) is 15.4. The smallest absolute Gasteiger partial charge is 0.251 e. The number of nitrogens with zero attached hydrogens (tertiary/aromatic N) is 2. The van der Waals surface area contributed by atoms with Crippen LogP contribution in [0.15, 0.2) is 36.4 Å². The van der Waals surface area contributed by atoms with Crippen LogP contribution in [-0.2, 0) is 7.05 Å². The Hall–Kier alpha value is -2.90. The van der Waals surface area contributed by atoms with Crippen LogP contribution in [0.4, 0.5) is 5.69 Å². The quantitative estimate of drug-likeness (QED) is 0.554. The molecule has 0 saturated heterocycles. The van der Waals surface area contributed by atoms with Crippen molar-refractivity contribution in [2.24, 2.45) is 7.05 Å². The minimum absolute atomic E-state index is 0.321. The lowest BCUT2D eigenvalue weighted by Crippen LogP contribution is -2.38.